The molecule has 0 aliphatic carbocycles. The van der Waals surface area contributed by atoms with Crippen LogP contribution in [0.2, 0.25) is 0 Å². The van der Waals surface area contributed by atoms with Crippen LogP contribution >= 0.6 is 0 Å². The molecule has 10 nitrogen and oxygen atoms in total. The molecule has 40 heavy (non-hydrogen) atoms. The third kappa shape index (κ3) is 7.38. The number of carbonyl (C=O) groups is 4. The van der Waals surface area contributed by atoms with Gasteiger partial charge < -0.3 is 20.6 Å². The second kappa shape index (κ2) is 13.1. The predicted molar refractivity (Wildman–Crippen MR) is 150 cm³/mol. The van der Waals surface area contributed by atoms with Crippen LogP contribution in [0.25, 0.3) is 0 Å². The highest BCUT2D eigenvalue weighted by Crippen LogP contribution is 2.37. The van der Waals surface area contributed by atoms with Crippen molar-refractivity contribution in [3.63, 3.8) is 0 Å². The van der Waals surface area contributed by atoms with Crippen molar-refractivity contribution in [2.45, 2.75) is 71.6 Å². The first-order chi connectivity index (χ1) is 19.0. The van der Waals surface area contributed by atoms with E-state index in [1.165, 1.54) is 4.90 Å². The minimum absolute atomic E-state index is 0.150. The number of unbranched alkanes of at least 4 members (excludes halogenated alkanes) is 1. The summed E-state index contributed by atoms with van der Waals surface area (Å²) in [5, 5.41) is 24.9. The minimum Gasteiger partial charge on any atom is -0.465 e. The number of nitriles is 1. The van der Waals surface area contributed by atoms with E-state index in [1.54, 1.807) is 31.2 Å². The number of amides is 4. The second-order valence-corrected chi connectivity index (χ2v) is 10.9. The Hall–Kier alpha value is -4.39. The quantitative estimate of drug-likeness (QED) is 0.352. The number of Topliss-reactive ketones (excluding diaryl/α,β-unsaturated/α-hetero) is 1. The molecule has 2 unspecified atom stereocenters. The summed E-state index contributed by atoms with van der Waals surface area (Å²) in [6.07, 6.45) is -0.684. The highest BCUT2D eigenvalue weighted by atomic mass is 16.4. The van der Waals surface area contributed by atoms with Gasteiger partial charge in [0.25, 0.3) is 5.91 Å². The van der Waals surface area contributed by atoms with Crippen LogP contribution in [0.5, 0.6) is 0 Å². The molecule has 3 N–H and O–H groups in total. The lowest BCUT2D eigenvalue weighted by molar-refractivity contribution is -0.142. The first-order valence-corrected chi connectivity index (χ1v) is 13.5. The molecule has 2 aromatic rings. The van der Waals surface area contributed by atoms with Gasteiger partial charge in [0.1, 0.15) is 12.2 Å². The SMILES string of the molecule is CCCC[C@@H](C(=O)C(=O)NC(C)c1ccccc1)N(C(=O)O)C1CC(C)(C)CN1C(=O)Nc1ccc(C#N)cc1. The Morgan fingerprint density at radius 1 is 1.12 bits per heavy atom. The molecule has 0 aromatic heterocycles. The van der Waals surface area contributed by atoms with Crippen molar-refractivity contribution >= 4 is 29.5 Å². The van der Waals surface area contributed by atoms with Crippen LogP contribution < -0.4 is 10.6 Å². The zero-order chi connectivity index (χ0) is 29.4. The lowest BCUT2D eigenvalue weighted by Gasteiger charge is -2.37. The van der Waals surface area contributed by atoms with Gasteiger partial charge in [-0.2, -0.15) is 5.26 Å². The summed E-state index contributed by atoms with van der Waals surface area (Å²) in [5.74, 6) is -1.72. The molecule has 1 aliphatic heterocycles. The molecule has 2 aromatic carbocycles. The van der Waals surface area contributed by atoms with E-state index in [-0.39, 0.29) is 19.4 Å². The van der Waals surface area contributed by atoms with Crippen LogP contribution in [0, 0.1) is 16.7 Å². The third-order valence-corrected chi connectivity index (χ3v) is 7.10. The normalized spacial score (nSPS) is 17.3. The molecule has 0 spiro atoms. The minimum atomic E-state index is -1.38. The van der Waals surface area contributed by atoms with E-state index in [1.807, 2.05) is 57.2 Å². The molecule has 0 radical (unpaired) electrons. The van der Waals surface area contributed by atoms with Gasteiger partial charge in [-0.05, 0) is 55.0 Å². The summed E-state index contributed by atoms with van der Waals surface area (Å²) >= 11 is 0. The molecule has 212 valence electrons. The van der Waals surface area contributed by atoms with Crippen LogP contribution in [-0.2, 0) is 9.59 Å². The second-order valence-electron chi connectivity index (χ2n) is 10.9. The number of rotatable bonds is 10. The fourth-order valence-electron chi connectivity index (χ4n) is 5.02. The summed E-state index contributed by atoms with van der Waals surface area (Å²) < 4.78 is 0. The number of nitrogens with one attached hydrogen (secondary N) is 2. The number of anilines is 1. The van der Waals surface area contributed by atoms with Gasteiger partial charge in [0.15, 0.2) is 0 Å². The Morgan fingerprint density at radius 3 is 2.35 bits per heavy atom. The number of hydrogen-bond acceptors (Lipinski definition) is 5. The highest BCUT2D eigenvalue weighted by molar-refractivity contribution is 6.38. The van der Waals surface area contributed by atoms with Gasteiger partial charge in [-0.3, -0.25) is 14.5 Å². The smallest absolute Gasteiger partial charge is 0.409 e. The number of ketones is 1. The van der Waals surface area contributed by atoms with E-state index in [9.17, 15) is 24.3 Å². The Balaban J connectivity index is 1.88. The molecule has 10 heteroatoms. The standard InChI is InChI=1S/C30H37N5O5/c1-5-6-12-24(26(36)27(37)32-20(2)22-10-8-7-9-11-22)35(29(39)40)25-17-30(3,4)19-34(25)28(38)33-23-15-13-21(18-31)14-16-23/h7-11,13-16,20,24-25H,5-6,12,17,19H2,1-4H3,(H,32,37)(H,33,38)(H,39,40)/t20?,24-,25?/m0/s1. The molecule has 1 fully saturated rings. The van der Waals surface area contributed by atoms with Gasteiger partial charge in [0.2, 0.25) is 5.78 Å². The predicted octanol–water partition coefficient (Wildman–Crippen LogP) is 5.13. The van der Waals surface area contributed by atoms with Crippen LogP contribution in [0.15, 0.2) is 54.6 Å². The summed E-state index contributed by atoms with van der Waals surface area (Å²) in [4.78, 5) is 55.2. The molecule has 1 saturated heterocycles. The average Bonchev–Trinajstić information content (AvgIpc) is 3.25. The molecule has 4 amide bonds. The van der Waals surface area contributed by atoms with Crippen molar-refractivity contribution < 1.29 is 24.3 Å². The number of urea groups is 1. The molecule has 0 bridgehead atoms. The number of benzene rings is 2. The Morgan fingerprint density at radius 2 is 1.77 bits per heavy atom. The topological polar surface area (TPSA) is 143 Å². The van der Waals surface area contributed by atoms with Crippen molar-refractivity contribution in [2.75, 3.05) is 11.9 Å². The molecule has 1 aliphatic rings. The molecule has 1 heterocycles. The van der Waals surface area contributed by atoms with E-state index in [0.717, 1.165) is 10.5 Å². The first kappa shape index (κ1) is 30.2. The van der Waals surface area contributed by atoms with Crippen LogP contribution in [0.3, 0.4) is 0 Å². The summed E-state index contributed by atoms with van der Waals surface area (Å²) in [7, 11) is 0. The van der Waals surface area contributed by atoms with Crippen molar-refractivity contribution in [3.8, 4) is 6.07 Å². The largest absolute Gasteiger partial charge is 0.465 e. The fraction of sp³-hybridized carbons (Fsp3) is 0.433. The van der Waals surface area contributed by atoms with Crippen molar-refractivity contribution in [2.24, 2.45) is 5.41 Å². The van der Waals surface area contributed by atoms with Gasteiger partial charge in [0.05, 0.1) is 17.7 Å². The van der Waals surface area contributed by atoms with E-state index in [2.05, 4.69) is 10.6 Å². The van der Waals surface area contributed by atoms with Crippen molar-refractivity contribution in [1.29, 1.82) is 5.26 Å². The summed E-state index contributed by atoms with van der Waals surface area (Å²) in [5.41, 5.74) is 1.25. The van der Waals surface area contributed by atoms with E-state index < -0.39 is 47.5 Å². The van der Waals surface area contributed by atoms with Crippen LogP contribution in [-0.4, -0.2) is 57.5 Å². The first-order valence-electron chi connectivity index (χ1n) is 13.5. The molecule has 3 atom stereocenters. The van der Waals surface area contributed by atoms with Crippen LogP contribution in [0.1, 0.15) is 70.5 Å². The van der Waals surface area contributed by atoms with Gasteiger partial charge in [-0.15, -0.1) is 0 Å². The maximum atomic E-state index is 13.5. The van der Waals surface area contributed by atoms with Gasteiger partial charge in [-0.1, -0.05) is 63.9 Å². The van der Waals surface area contributed by atoms with Gasteiger partial charge in [0, 0.05) is 12.2 Å². The van der Waals surface area contributed by atoms with Gasteiger partial charge in [-0.25, -0.2) is 9.59 Å². The lowest BCUT2D eigenvalue weighted by atomic mass is 9.91. The zero-order valence-electron chi connectivity index (χ0n) is 23.4. The average molecular weight is 548 g/mol. The van der Waals surface area contributed by atoms with Crippen LogP contribution in [0.4, 0.5) is 15.3 Å². The molecule has 3 rings (SSSR count). The summed E-state index contributed by atoms with van der Waals surface area (Å²) in [6, 6.07) is 15.3. The lowest BCUT2D eigenvalue weighted by Crippen LogP contribution is -2.58. The Bertz CT molecular complexity index is 1260. The summed E-state index contributed by atoms with van der Waals surface area (Å²) in [6.45, 7) is 7.76. The van der Waals surface area contributed by atoms with Gasteiger partial charge >= 0.3 is 12.1 Å². The molecule has 0 saturated carbocycles. The monoisotopic (exact) mass is 547 g/mol. The number of carbonyl (C=O) groups excluding carboxylic acids is 3. The van der Waals surface area contributed by atoms with E-state index in [4.69, 9.17) is 5.26 Å². The Kier molecular flexibility index (Phi) is 9.88. The number of carboxylic acid groups (broad SMARTS) is 1. The molecular formula is C30H37N5O5. The van der Waals surface area contributed by atoms with E-state index >= 15 is 0 Å². The zero-order valence-corrected chi connectivity index (χ0v) is 23.4. The van der Waals surface area contributed by atoms with E-state index in [0.29, 0.717) is 24.1 Å². The number of hydrogen-bond donors (Lipinski definition) is 3. The highest BCUT2D eigenvalue weighted by Gasteiger charge is 2.48. The fourth-order valence-corrected chi connectivity index (χ4v) is 5.02. The number of nitrogens with zero attached hydrogens (tertiary/aromatic N) is 3. The maximum absolute atomic E-state index is 13.5. The Labute approximate surface area is 235 Å². The molecular weight excluding hydrogens is 510 g/mol. The number of likely N-dealkylation sites (tertiary alicyclic amines) is 1. The van der Waals surface area contributed by atoms with Crippen molar-refractivity contribution in [1.82, 2.24) is 15.1 Å². The third-order valence-electron chi connectivity index (χ3n) is 7.10. The maximum Gasteiger partial charge on any atom is 0.409 e. The van der Waals surface area contributed by atoms with Crippen molar-refractivity contribution in [3.05, 3.63) is 65.7 Å².